The van der Waals surface area contributed by atoms with E-state index in [0.29, 0.717) is 31.3 Å². The average Bonchev–Trinajstić information content (AvgIpc) is 3.05. The molecule has 1 saturated heterocycles. The van der Waals surface area contributed by atoms with Crippen molar-refractivity contribution >= 4 is 57.5 Å². The molecule has 0 N–H and O–H groups in total. The predicted octanol–water partition coefficient (Wildman–Crippen LogP) is 4.67. The molecule has 2 aromatic rings. The molecule has 0 atom stereocenters. The number of nitrogens with zero attached hydrogens (tertiary/aromatic N) is 1. The van der Waals surface area contributed by atoms with Crippen LogP contribution in [0.3, 0.4) is 0 Å². The Morgan fingerprint density at radius 3 is 2.68 bits per heavy atom. The SMILES string of the molecule is CCOC(=O)COc1c(I)cc(/C=C2\SC(=O)N(CCOc3cccc(C)c3)C2=O)cc1OC. The van der Waals surface area contributed by atoms with E-state index >= 15 is 0 Å². The highest BCUT2D eigenvalue weighted by molar-refractivity contribution is 14.1. The number of halogens is 1. The molecule has 0 bridgehead atoms. The Morgan fingerprint density at radius 1 is 1.18 bits per heavy atom. The van der Waals surface area contributed by atoms with Gasteiger partial charge in [-0.3, -0.25) is 14.5 Å². The Balaban J connectivity index is 1.68. The molecule has 0 unspecified atom stereocenters. The molecule has 1 heterocycles. The number of rotatable bonds is 10. The number of thioether (sulfide) groups is 1. The van der Waals surface area contributed by atoms with Gasteiger partial charge in [-0.2, -0.15) is 0 Å². The number of aryl methyl sites for hydroxylation is 1. The first kappa shape index (κ1) is 25.9. The van der Waals surface area contributed by atoms with Crippen molar-refractivity contribution in [3.8, 4) is 17.2 Å². The predicted molar refractivity (Wildman–Crippen MR) is 137 cm³/mol. The Morgan fingerprint density at radius 2 is 1.97 bits per heavy atom. The molecule has 34 heavy (non-hydrogen) atoms. The molecule has 10 heteroatoms. The minimum Gasteiger partial charge on any atom is -0.493 e. The molecule has 2 amide bonds. The van der Waals surface area contributed by atoms with E-state index in [1.807, 2.05) is 31.2 Å². The Kier molecular flexibility index (Phi) is 9.22. The fourth-order valence-electron chi connectivity index (χ4n) is 3.10. The number of hydrogen-bond acceptors (Lipinski definition) is 8. The third-order valence-electron chi connectivity index (χ3n) is 4.64. The summed E-state index contributed by atoms with van der Waals surface area (Å²) >= 11 is 2.93. The molecule has 0 saturated carbocycles. The van der Waals surface area contributed by atoms with E-state index in [-0.39, 0.29) is 37.5 Å². The van der Waals surface area contributed by atoms with Gasteiger partial charge in [0.25, 0.3) is 11.1 Å². The summed E-state index contributed by atoms with van der Waals surface area (Å²) in [6, 6.07) is 11.0. The number of carbonyl (C=O) groups excluding carboxylic acids is 3. The summed E-state index contributed by atoms with van der Waals surface area (Å²) in [5, 5.41) is -0.347. The number of ether oxygens (including phenoxy) is 4. The minimum atomic E-state index is -0.482. The van der Waals surface area contributed by atoms with Crippen molar-refractivity contribution in [2.24, 2.45) is 0 Å². The normalized spacial score (nSPS) is 14.5. The molecule has 0 aliphatic carbocycles. The summed E-state index contributed by atoms with van der Waals surface area (Å²) in [4.78, 5) is 38.3. The maximum absolute atomic E-state index is 12.8. The molecule has 0 radical (unpaired) electrons. The van der Waals surface area contributed by atoms with Gasteiger partial charge < -0.3 is 18.9 Å². The molecule has 0 aromatic heterocycles. The van der Waals surface area contributed by atoms with Gasteiger partial charge in [-0.15, -0.1) is 0 Å². The van der Waals surface area contributed by atoms with Crippen molar-refractivity contribution in [2.75, 3.05) is 33.5 Å². The lowest BCUT2D eigenvalue weighted by Crippen LogP contribution is -2.32. The van der Waals surface area contributed by atoms with Gasteiger partial charge in [0.1, 0.15) is 12.4 Å². The van der Waals surface area contributed by atoms with Crippen LogP contribution in [0.2, 0.25) is 0 Å². The zero-order valence-electron chi connectivity index (χ0n) is 19.0. The van der Waals surface area contributed by atoms with Crippen molar-refractivity contribution < 1.29 is 33.3 Å². The zero-order chi connectivity index (χ0) is 24.7. The number of esters is 1. The second-order valence-corrected chi connectivity index (χ2v) is 9.28. The maximum Gasteiger partial charge on any atom is 0.344 e. The van der Waals surface area contributed by atoms with Gasteiger partial charge >= 0.3 is 5.97 Å². The highest BCUT2D eigenvalue weighted by atomic mass is 127. The number of benzene rings is 2. The average molecular weight is 597 g/mol. The molecular weight excluding hydrogens is 573 g/mol. The first-order valence-electron chi connectivity index (χ1n) is 10.4. The molecular formula is C24H24INO7S. The van der Waals surface area contributed by atoms with E-state index in [2.05, 4.69) is 22.6 Å². The number of imide groups is 1. The van der Waals surface area contributed by atoms with Crippen molar-refractivity contribution in [3.05, 3.63) is 56.0 Å². The van der Waals surface area contributed by atoms with E-state index in [4.69, 9.17) is 18.9 Å². The Hall–Kier alpha value is -2.73. The lowest BCUT2D eigenvalue weighted by atomic mass is 10.2. The van der Waals surface area contributed by atoms with Crippen LogP contribution in [0.1, 0.15) is 18.1 Å². The largest absolute Gasteiger partial charge is 0.493 e. The summed E-state index contributed by atoms with van der Waals surface area (Å²) in [5.41, 5.74) is 1.72. The third kappa shape index (κ3) is 6.66. The van der Waals surface area contributed by atoms with E-state index in [1.165, 1.54) is 12.0 Å². The van der Waals surface area contributed by atoms with E-state index in [9.17, 15) is 14.4 Å². The van der Waals surface area contributed by atoms with Crippen molar-refractivity contribution in [1.29, 1.82) is 0 Å². The molecule has 3 rings (SSSR count). The number of carbonyl (C=O) groups is 3. The fourth-order valence-corrected chi connectivity index (χ4v) is 4.75. The summed E-state index contributed by atoms with van der Waals surface area (Å²) in [6.45, 7) is 4.05. The third-order valence-corrected chi connectivity index (χ3v) is 6.34. The molecule has 180 valence electrons. The van der Waals surface area contributed by atoms with Gasteiger partial charge in [-0.05, 0) is 89.7 Å². The highest BCUT2D eigenvalue weighted by Gasteiger charge is 2.35. The Bertz CT molecular complexity index is 1120. The second-order valence-electron chi connectivity index (χ2n) is 7.13. The summed E-state index contributed by atoms with van der Waals surface area (Å²) in [6.07, 6.45) is 1.63. The highest BCUT2D eigenvalue weighted by Crippen LogP contribution is 2.37. The van der Waals surface area contributed by atoms with E-state index in [1.54, 1.807) is 25.1 Å². The topological polar surface area (TPSA) is 91.4 Å². The molecule has 1 aliphatic heterocycles. The quantitative estimate of drug-likeness (QED) is 0.222. The second kappa shape index (κ2) is 12.1. The van der Waals surface area contributed by atoms with Crippen LogP contribution in [0.25, 0.3) is 6.08 Å². The zero-order valence-corrected chi connectivity index (χ0v) is 21.9. The molecule has 2 aromatic carbocycles. The smallest absolute Gasteiger partial charge is 0.344 e. The maximum atomic E-state index is 12.8. The van der Waals surface area contributed by atoms with Gasteiger partial charge in [-0.1, -0.05) is 12.1 Å². The molecule has 8 nitrogen and oxygen atoms in total. The number of hydrogen-bond donors (Lipinski definition) is 0. The van der Waals surface area contributed by atoms with Gasteiger partial charge in [0.05, 0.1) is 28.7 Å². The van der Waals surface area contributed by atoms with Gasteiger partial charge in [0.2, 0.25) is 0 Å². The van der Waals surface area contributed by atoms with Gasteiger partial charge in [-0.25, -0.2) is 4.79 Å². The van der Waals surface area contributed by atoms with Crippen molar-refractivity contribution in [2.45, 2.75) is 13.8 Å². The van der Waals surface area contributed by atoms with Crippen LogP contribution in [-0.2, 0) is 14.3 Å². The standard InChI is InChI=1S/C24H24INO7S/c1-4-31-21(27)14-33-22-18(25)11-16(12-19(22)30-3)13-20-23(28)26(24(29)34-20)8-9-32-17-7-5-6-15(2)10-17/h5-7,10-13H,4,8-9,14H2,1-3H3/b20-13-. The summed E-state index contributed by atoms with van der Waals surface area (Å²) < 4.78 is 22.2. The number of methoxy groups -OCH3 is 1. The Labute approximate surface area is 215 Å². The lowest BCUT2D eigenvalue weighted by molar-refractivity contribution is -0.145. The molecule has 1 aliphatic rings. The molecule has 1 fully saturated rings. The fraction of sp³-hybridized carbons (Fsp3) is 0.292. The van der Waals surface area contributed by atoms with Gasteiger partial charge in [0.15, 0.2) is 18.1 Å². The van der Waals surface area contributed by atoms with Crippen LogP contribution in [0.4, 0.5) is 4.79 Å². The van der Waals surface area contributed by atoms with Crippen LogP contribution in [0.5, 0.6) is 17.2 Å². The first-order chi connectivity index (χ1) is 16.3. The lowest BCUT2D eigenvalue weighted by Gasteiger charge is -2.14. The van der Waals surface area contributed by atoms with E-state index in [0.717, 1.165) is 17.3 Å². The molecule has 0 spiro atoms. The minimum absolute atomic E-state index is 0.150. The van der Waals surface area contributed by atoms with Crippen molar-refractivity contribution in [3.63, 3.8) is 0 Å². The van der Waals surface area contributed by atoms with Crippen LogP contribution in [0.15, 0.2) is 41.3 Å². The summed E-state index contributed by atoms with van der Waals surface area (Å²) in [5.74, 6) is 0.626. The van der Waals surface area contributed by atoms with Gasteiger partial charge in [0, 0.05) is 0 Å². The summed E-state index contributed by atoms with van der Waals surface area (Å²) in [7, 11) is 1.48. The van der Waals surface area contributed by atoms with E-state index < -0.39 is 5.97 Å². The van der Waals surface area contributed by atoms with Crippen LogP contribution in [-0.4, -0.2) is 55.5 Å². The van der Waals surface area contributed by atoms with Crippen LogP contribution < -0.4 is 14.2 Å². The van der Waals surface area contributed by atoms with Crippen molar-refractivity contribution in [1.82, 2.24) is 4.90 Å². The van der Waals surface area contributed by atoms with Crippen LogP contribution >= 0.6 is 34.4 Å². The van der Waals surface area contributed by atoms with Crippen LogP contribution in [0, 0.1) is 10.5 Å². The number of amides is 2. The monoisotopic (exact) mass is 597 g/mol. The first-order valence-corrected chi connectivity index (χ1v) is 12.3.